The maximum atomic E-state index is 3.49. The Balaban J connectivity index is 2.10. The maximum Gasteiger partial charge on any atom is 0.0521 e. The molecule has 1 aliphatic heterocycles. The predicted molar refractivity (Wildman–Crippen MR) is 61.1 cm³/mol. The zero-order valence-corrected chi connectivity index (χ0v) is 10.1. The predicted octanol–water partition coefficient (Wildman–Crippen LogP) is 1.17. The minimum Gasteiger partial charge on any atom is -0.304 e. The van der Waals surface area contributed by atoms with Gasteiger partial charge in [-0.15, -0.1) is 0 Å². The van der Waals surface area contributed by atoms with Crippen molar-refractivity contribution in [3.63, 3.8) is 0 Å². The van der Waals surface area contributed by atoms with Crippen LogP contribution in [0.3, 0.4) is 0 Å². The Morgan fingerprint density at radius 3 is 2.36 bits per heavy atom. The second-order valence-electron chi connectivity index (χ2n) is 4.95. The second-order valence-corrected chi connectivity index (χ2v) is 4.95. The monoisotopic (exact) mass is 199 g/mol. The van der Waals surface area contributed by atoms with Crippen molar-refractivity contribution in [3.8, 4) is 0 Å². The molecule has 1 saturated heterocycles. The number of hydrogen-bond donors (Lipinski definition) is 1. The highest BCUT2D eigenvalue weighted by Crippen LogP contribution is 2.07. The molecule has 84 valence electrons. The van der Waals surface area contributed by atoms with Crippen LogP contribution in [0.5, 0.6) is 0 Å². The summed E-state index contributed by atoms with van der Waals surface area (Å²) in [5.41, 5.74) is 0. The van der Waals surface area contributed by atoms with Crippen LogP contribution >= 0.6 is 0 Å². The van der Waals surface area contributed by atoms with Crippen LogP contribution in [0, 0.1) is 5.92 Å². The fourth-order valence-corrected chi connectivity index (χ4v) is 1.73. The van der Waals surface area contributed by atoms with E-state index in [1.54, 1.807) is 0 Å². The van der Waals surface area contributed by atoms with Crippen LogP contribution < -0.4 is 5.32 Å². The van der Waals surface area contributed by atoms with Gasteiger partial charge in [0.15, 0.2) is 0 Å². The summed E-state index contributed by atoms with van der Waals surface area (Å²) in [6.07, 6.45) is 0. The smallest absolute Gasteiger partial charge is 0.0521 e. The van der Waals surface area contributed by atoms with E-state index in [1.165, 1.54) is 13.1 Å². The van der Waals surface area contributed by atoms with E-state index < -0.39 is 0 Å². The van der Waals surface area contributed by atoms with Crippen LogP contribution in [0.2, 0.25) is 0 Å². The van der Waals surface area contributed by atoms with Gasteiger partial charge in [0, 0.05) is 25.8 Å². The largest absolute Gasteiger partial charge is 0.304 e. The van der Waals surface area contributed by atoms with Crippen molar-refractivity contribution in [2.24, 2.45) is 5.92 Å². The third-order valence-corrected chi connectivity index (χ3v) is 2.70. The normalized spacial score (nSPS) is 20.1. The van der Waals surface area contributed by atoms with Crippen molar-refractivity contribution in [3.05, 3.63) is 0 Å². The van der Waals surface area contributed by atoms with Gasteiger partial charge in [-0.05, 0) is 26.3 Å². The number of nitrogens with one attached hydrogen (secondary N) is 1. The van der Waals surface area contributed by atoms with E-state index >= 15 is 0 Å². The zero-order valence-electron chi connectivity index (χ0n) is 10.1. The van der Waals surface area contributed by atoms with Crippen LogP contribution in [0.4, 0.5) is 0 Å². The van der Waals surface area contributed by atoms with Gasteiger partial charge < -0.3 is 5.32 Å². The fraction of sp³-hybridized carbons (Fsp3) is 1.00. The van der Waals surface area contributed by atoms with Crippen LogP contribution in [-0.2, 0) is 0 Å². The van der Waals surface area contributed by atoms with Gasteiger partial charge >= 0.3 is 0 Å². The van der Waals surface area contributed by atoms with Crippen LogP contribution in [-0.4, -0.2) is 48.8 Å². The molecule has 0 aromatic heterocycles. The van der Waals surface area contributed by atoms with Crippen molar-refractivity contribution < 1.29 is 0 Å². The summed E-state index contributed by atoms with van der Waals surface area (Å²) in [4.78, 5) is 4.99. The van der Waals surface area contributed by atoms with Crippen molar-refractivity contribution in [1.82, 2.24) is 15.1 Å². The first-order valence-corrected chi connectivity index (χ1v) is 5.76. The standard InChI is InChI=1S/C11H25N3/c1-10(2)7-12-8-13-5-6-14(9-13)11(3)4/h10-12H,5-9H2,1-4H3. The highest BCUT2D eigenvalue weighted by Gasteiger charge is 2.20. The molecular weight excluding hydrogens is 174 g/mol. The molecule has 1 rings (SSSR count). The lowest BCUT2D eigenvalue weighted by Gasteiger charge is -2.21. The summed E-state index contributed by atoms with van der Waals surface area (Å²) in [6.45, 7) is 14.8. The summed E-state index contributed by atoms with van der Waals surface area (Å²) >= 11 is 0. The Bertz CT molecular complexity index is 157. The van der Waals surface area contributed by atoms with Crippen molar-refractivity contribution >= 4 is 0 Å². The molecule has 0 aliphatic carbocycles. The Labute approximate surface area is 88.5 Å². The molecule has 0 bridgehead atoms. The van der Waals surface area contributed by atoms with E-state index in [0.717, 1.165) is 25.8 Å². The molecule has 0 radical (unpaired) electrons. The summed E-state index contributed by atoms with van der Waals surface area (Å²) in [5, 5.41) is 3.49. The third-order valence-electron chi connectivity index (χ3n) is 2.70. The minimum atomic E-state index is 0.685. The quantitative estimate of drug-likeness (QED) is 0.717. The molecule has 0 aromatic rings. The minimum absolute atomic E-state index is 0.685. The highest BCUT2D eigenvalue weighted by atomic mass is 15.4. The first-order chi connectivity index (χ1) is 6.59. The average Bonchev–Trinajstić information content (AvgIpc) is 2.52. The molecule has 1 aliphatic rings. The fourth-order valence-electron chi connectivity index (χ4n) is 1.73. The molecule has 0 atom stereocenters. The van der Waals surface area contributed by atoms with Crippen molar-refractivity contribution in [2.75, 3.05) is 33.0 Å². The molecule has 0 saturated carbocycles. The number of hydrogen-bond acceptors (Lipinski definition) is 3. The molecule has 0 spiro atoms. The Hall–Kier alpha value is -0.120. The molecule has 0 amide bonds. The molecular formula is C11H25N3. The maximum absolute atomic E-state index is 3.49. The molecule has 0 aromatic carbocycles. The lowest BCUT2D eigenvalue weighted by atomic mass is 10.2. The van der Waals surface area contributed by atoms with Gasteiger partial charge in [-0.2, -0.15) is 0 Å². The highest BCUT2D eigenvalue weighted by molar-refractivity contribution is 4.73. The van der Waals surface area contributed by atoms with E-state index in [-0.39, 0.29) is 0 Å². The third kappa shape index (κ3) is 3.95. The van der Waals surface area contributed by atoms with E-state index in [1.807, 2.05) is 0 Å². The summed E-state index contributed by atoms with van der Waals surface area (Å²) in [5.74, 6) is 0.749. The van der Waals surface area contributed by atoms with Crippen LogP contribution in [0.15, 0.2) is 0 Å². The van der Waals surface area contributed by atoms with Crippen LogP contribution in [0.25, 0.3) is 0 Å². The van der Waals surface area contributed by atoms with E-state index in [2.05, 4.69) is 42.8 Å². The second kappa shape index (κ2) is 5.69. The van der Waals surface area contributed by atoms with Gasteiger partial charge in [0.1, 0.15) is 0 Å². The Kier molecular flexibility index (Phi) is 4.85. The average molecular weight is 199 g/mol. The van der Waals surface area contributed by atoms with Crippen LogP contribution in [0.1, 0.15) is 27.7 Å². The molecule has 1 fully saturated rings. The lowest BCUT2D eigenvalue weighted by molar-refractivity contribution is 0.202. The topological polar surface area (TPSA) is 18.5 Å². The van der Waals surface area contributed by atoms with Crippen molar-refractivity contribution in [1.29, 1.82) is 0 Å². The first kappa shape index (κ1) is 12.0. The number of rotatable bonds is 5. The molecule has 3 nitrogen and oxygen atoms in total. The van der Waals surface area contributed by atoms with Gasteiger partial charge in [-0.3, -0.25) is 9.80 Å². The summed E-state index contributed by atoms with van der Waals surface area (Å²) in [6, 6.07) is 0.685. The molecule has 3 heteroatoms. The number of nitrogens with zero attached hydrogens (tertiary/aromatic N) is 2. The van der Waals surface area contributed by atoms with Gasteiger partial charge in [-0.25, -0.2) is 0 Å². The molecule has 0 unspecified atom stereocenters. The van der Waals surface area contributed by atoms with Gasteiger partial charge in [0.05, 0.1) is 6.67 Å². The van der Waals surface area contributed by atoms with E-state index in [9.17, 15) is 0 Å². The molecule has 14 heavy (non-hydrogen) atoms. The summed E-state index contributed by atoms with van der Waals surface area (Å²) in [7, 11) is 0. The van der Waals surface area contributed by atoms with Gasteiger partial charge in [0.25, 0.3) is 0 Å². The SMILES string of the molecule is CC(C)CNCN1CCN(C(C)C)C1. The molecule has 1 heterocycles. The van der Waals surface area contributed by atoms with Gasteiger partial charge in [0.2, 0.25) is 0 Å². The lowest BCUT2D eigenvalue weighted by Crippen LogP contribution is -2.37. The van der Waals surface area contributed by atoms with Crippen molar-refractivity contribution in [2.45, 2.75) is 33.7 Å². The molecule has 1 N–H and O–H groups in total. The zero-order chi connectivity index (χ0) is 10.6. The summed E-state index contributed by atoms with van der Waals surface area (Å²) < 4.78 is 0. The Morgan fingerprint density at radius 2 is 1.86 bits per heavy atom. The first-order valence-electron chi connectivity index (χ1n) is 5.76. The van der Waals surface area contributed by atoms with E-state index in [4.69, 9.17) is 0 Å². The van der Waals surface area contributed by atoms with Gasteiger partial charge in [-0.1, -0.05) is 13.8 Å². The van der Waals surface area contributed by atoms with E-state index in [0.29, 0.717) is 6.04 Å². The Morgan fingerprint density at radius 1 is 1.14 bits per heavy atom.